The highest BCUT2D eigenvalue weighted by Crippen LogP contribution is 2.51. The van der Waals surface area contributed by atoms with Crippen LogP contribution in [0.5, 0.6) is 0 Å². The fourth-order valence-electron chi connectivity index (χ4n) is 2.66. The Labute approximate surface area is 109 Å². The molecule has 0 spiro atoms. The Bertz CT molecular complexity index is 182. The second kappa shape index (κ2) is 8.13. The molecule has 0 radical (unpaired) electrons. The molecule has 0 aliphatic heterocycles. The minimum atomic E-state index is 0.682. The number of hydrogen-bond acceptors (Lipinski definition) is 1. The molecule has 0 amide bonds. The highest BCUT2D eigenvalue weighted by molar-refractivity contribution is 4.96. The zero-order valence-electron chi connectivity index (χ0n) is 12.4. The van der Waals surface area contributed by atoms with Gasteiger partial charge in [0.05, 0.1) is 0 Å². The van der Waals surface area contributed by atoms with Gasteiger partial charge in [-0.15, -0.1) is 0 Å². The summed E-state index contributed by atoms with van der Waals surface area (Å²) in [5.41, 5.74) is 0.682. The van der Waals surface area contributed by atoms with Gasteiger partial charge in [0.15, 0.2) is 0 Å². The second-order valence-electron chi connectivity index (χ2n) is 6.32. The van der Waals surface area contributed by atoms with E-state index in [1.54, 1.807) is 0 Å². The third-order valence-corrected chi connectivity index (χ3v) is 4.55. The molecule has 0 aromatic rings. The first-order chi connectivity index (χ1) is 8.21. The van der Waals surface area contributed by atoms with Crippen LogP contribution < -0.4 is 5.32 Å². The van der Waals surface area contributed by atoms with E-state index in [4.69, 9.17) is 0 Å². The molecule has 0 aromatic heterocycles. The predicted molar refractivity (Wildman–Crippen MR) is 77.4 cm³/mol. The molecule has 1 fully saturated rings. The summed E-state index contributed by atoms with van der Waals surface area (Å²) >= 11 is 0. The maximum absolute atomic E-state index is 3.67. The zero-order chi connectivity index (χ0) is 12.6. The molecule has 0 unspecified atom stereocenters. The molecule has 1 aliphatic rings. The van der Waals surface area contributed by atoms with Crippen molar-refractivity contribution in [1.82, 2.24) is 5.32 Å². The minimum Gasteiger partial charge on any atom is -0.316 e. The highest BCUT2D eigenvalue weighted by atomic mass is 14.9. The van der Waals surface area contributed by atoms with E-state index >= 15 is 0 Å². The fraction of sp³-hybridized carbons (Fsp3) is 1.00. The van der Waals surface area contributed by atoms with Crippen molar-refractivity contribution < 1.29 is 0 Å². The molecule has 0 atom stereocenters. The summed E-state index contributed by atoms with van der Waals surface area (Å²) in [6.45, 7) is 9.54. The van der Waals surface area contributed by atoms with Crippen LogP contribution in [0.2, 0.25) is 0 Å². The SMILES string of the molecule is CCCCCCCCCNCC1(C(C)C)CC1. The van der Waals surface area contributed by atoms with E-state index in [9.17, 15) is 0 Å². The number of hydrogen-bond donors (Lipinski definition) is 1. The van der Waals surface area contributed by atoms with E-state index < -0.39 is 0 Å². The molecule has 1 N–H and O–H groups in total. The van der Waals surface area contributed by atoms with Gasteiger partial charge in [0.25, 0.3) is 0 Å². The molecule has 0 heterocycles. The van der Waals surface area contributed by atoms with Gasteiger partial charge in [0, 0.05) is 6.54 Å². The predicted octanol–water partition coefficient (Wildman–Crippen LogP) is 4.76. The average Bonchev–Trinajstić information content (AvgIpc) is 3.08. The lowest BCUT2D eigenvalue weighted by molar-refractivity contribution is 0.337. The quantitative estimate of drug-likeness (QED) is 0.512. The lowest BCUT2D eigenvalue weighted by atomic mass is 9.92. The molecule has 0 aromatic carbocycles. The van der Waals surface area contributed by atoms with Gasteiger partial charge < -0.3 is 5.32 Å². The first-order valence-corrected chi connectivity index (χ1v) is 7.92. The van der Waals surface area contributed by atoms with E-state index in [0.29, 0.717) is 5.41 Å². The Balaban J connectivity index is 1.82. The molecule has 1 nitrogen and oxygen atoms in total. The van der Waals surface area contributed by atoms with Crippen LogP contribution in [0.25, 0.3) is 0 Å². The van der Waals surface area contributed by atoms with Crippen molar-refractivity contribution in [3.8, 4) is 0 Å². The van der Waals surface area contributed by atoms with Crippen LogP contribution in [0.3, 0.4) is 0 Å². The molecule has 1 rings (SSSR count). The molecular formula is C16H33N. The lowest BCUT2D eigenvalue weighted by Gasteiger charge is -2.20. The number of unbranched alkanes of at least 4 members (excludes halogenated alkanes) is 6. The third kappa shape index (κ3) is 5.90. The standard InChI is InChI=1S/C16H33N/c1-4-5-6-7-8-9-10-13-17-14-16(11-12-16)15(2)3/h15,17H,4-14H2,1-3H3. The molecule has 1 aliphatic carbocycles. The van der Waals surface area contributed by atoms with Crippen LogP contribution in [0.1, 0.15) is 78.6 Å². The lowest BCUT2D eigenvalue weighted by Crippen LogP contribution is -2.28. The maximum Gasteiger partial charge on any atom is 0.00103 e. The van der Waals surface area contributed by atoms with Gasteiger partial charge in [-0.3, -0.25) is 0 Å². The van der Waals surface area contributed by atoms with Crippen LogP contribution in [0.15, 0.2) is 0 Å². The Morgan fingerprint density at radius 2 is 1.53 bits per heavy atom. The van der Waals surface area contributed by atoms with Gasteiger partial charge in [-0.25, -0.2) is 0 Å². The van der Waals surface area contributed by atoms with E-state index in [1.807, 2.05) is 0 Å². The van der Waals surface area contributed by atoms with E-state index in [0.717, 1.165) is 5.92 Å². The molecule has 17 heavy (non-hydrogen) atoms. The van der Waals surface area contributed by atoms with Crippen molar-refractivity contribution in [2.24, 2.45) is 11.3 Å². The Hall–Kier alpha value is -0.0400. The fourth-order valence-corrected chi connectivity index (χ4v) is 2.66. The van der Waals surface area contributed by atoms with Crippen molar-refractivity contribution in [2.75, 3.05) is 13.1 Å². The molecule has 0 saturated heterocycles. The first-order valence-electron chi connectivity index (χ1n) is 7.92. The third-order valence-electron chi connectivity index (χ3n) is 4.55. The number of rotatable bonds is 11. The van der Waals surface area contributed by atoms with Crippen molar-refractivity contribution in [3.05, 3.63) is 0 Å². The molecule has 0 bridgehead atoms. The Kier molecular flexibility index (Phi) is 7.18. The van der Waals surface area contributed by atoms with Gasteiger partial charge in [-0.1, -0.05) is 59.3 Å². The smallest absolute Gasteiger partial charge is 0.00103 e. The highest BCUT2D eigenvalue weighted by Gasteiger charge is 2.44. The van der Waals surface area contributed by atoms with Crippen molar-refractivity contribution >= 4 is 0 Å². The topological polar surface area (TPSA) is 12.0 Å². The maximum atomic E-state index is 3.67. The van der Waals surface area contributed by atoms with E-state index in [1.165, 1.54) is 70.9 Å². The van der Waals surface area contributed by atoms with Gasteiger partial charge in [0.1, 0.15) is 0 Å². The molecule has 1 heteroatoms. The van der Waals surface area contributed by atoms with Crippen LogP contribution in [0.4, 0.5) is 0 Å². The largest absolute Gasteiger partial charge is 0.316 e. The zero-order valence-corrected chi connectivity index (χ0v) is 12.4. The summed E-state index contributed by atoms with van der Waals surface area (Å²) in [7, 11) is 0. The van der Waals surface area contributed by atoms with Crippen LogP contribution in [0, 0.1) is 11.3 Å². The first kappa shape index (κ1) is 15.0. The Morgan fingerprint density at radius 1 is 0.941 bits per heavy atom. The molecule has 1 saturated carbocycles. The monoisotopic (exact) mass is 239 g/mol. The Morgan fingerprint density at radius 3 is 2.06 bits per heavy atom. The normalized spacial score (nSPS) is 17.6. The average molecular weight is 239 g/mol. The van der Waals surface area contributed by atoms with Gasteiger partial charge in [-0.2, -0.15) is 0 Å². The minimum absolute atomic E-state index is 0.682. The van der Waals surface area contributed by atoms with Crippen LogP contribution >= 0.6 is 0 Å². The summed E-state index contributed by atoms with van der Waals surface area (Å²) in [4.78, 5) is 0. The summed E-state index contributed by atoms with van der Waals surface area (Å²) < 4.78 is 0. The van der Waals surface area contributed by atoms with Gasteiger partial charge in [0.2, 0.25) is 0 Å². The second-order valence-corrected chi connectivity index (χ2v) is 6.32. The van der Waals surface area contributed by atoms with Crippen LogP contribution in [-0.4, -0.2) is 13.1 Å². The van der Waals surface area contributed by atoms with Gasteiger partial charge in [-0.05, 0) is 37.1 Å². The van der Waals surface area contributed by atoms with E-state index in [-0.39, 0.29) is 0 Å². The van der Waals surface area contributed by atoms with Crippen molar-refractivity contribution in [1.29, 1.82) is 0 Å². The van der Waals surface area contributed by atoms with Crippen molar-refractivity contribution in [2.45, 2.75) is 78.6 Å². The number of nitrogens with one attached hydrogen (secondary N) is 1. The van der Waals surface area contributed by atoms with Crippen molar-refractivity contribution in [3.63, 3.8) is 0 Å². The summed E-state index contributed by atoms with van der Waals surface area (Å²) in [6, 6.07) is 0. The molecule has 102 valence electrons. The summed E-state index contributed by atoms with van der Waals surface area (Å²) in [6.07, 6.45) is 12.8. The van der Waals surface area contributed by atoms with Crippen LogP contribution in [-0.2, 0) is 0 Å². The van der Waals surface area contributed by atoms with Gasteiger partial charge >= 0.3 is 0 Å². The summed E-state index contributed by atoms with van der Waals surface area (Å²) in [5.74, 6) is 0.865. The summed E-state index contributed by atoms with van der Waals surface area (Å²) in [5, 5.41) is 3.67. The van der Waals surface area contributed by atoms with E-state index in [2.05, 4.69) is 26.1 Å². The molecular weight excluding hydrogens is 206 g/mol.